The summed E-state index contributed by atoms with van der Waals surface area (Å²) >= 11 is 6.32. The average molecular weight is 458 g/mol. The fourth-order valence-corrected chi connectivity index (χ4v) is 4.61. The SMILES string of the molecule is C=C(Nc1cc(C2CCN(CCNC)CC2)cc(C)c1C)c1cc(Cl)cc(OC)c1OC. The van der Waals surface area contributed by atoms with Crippen molar-refractivity contribution in [3.05, 3.63) is 58.1 Å². The number of piperidine rings is 1. The molecular formula is C26H36ClN3O2. The molecule has 2 aromatic carbocycles. The number of rotatable bonds is 9. The third-order valence-electron chi connectivity index (χ3n) is 6.48. The molecule has 32 heavy (non-hydrogen) atoms. The van der Waals surface area contributed by atoms with Gasteiger partial charge in [-0.05, 0) is 81.6 Å². The molecule has 1 saturated heterocycles. The van der Waals surface area contributed by atoms with Crippen LogP contribution in [-0.2, 0) is 0 Å². The van der Waals surface area contributed by atoms with Crippen LogP contribution in [0.1, 0.15) is 41.0 Å². The minimum Gasteiger partial charge on any atom is -0.493 e. The zero-order valence-electron chi connectivity index (χ0n) is 20.0. The minimum atomic E-state index is 0.576. The summed E-state index contributed by atoms with van der Waals surface area (Å²) in [6, 6.07) is 8.23. The molecule has 0 amide bonds. The Kier molecular flexibility index (Phi) is 8.46. The molecule has 0 spiro atoms. The molecular weight excluding hydrogens is 422 g/mol. The highest BCUT2D eigenvalue weighted by atomic mass is 35.5. The number of hydrogen-bond acceptors (Lipinski definition) is 5. The van der Waals surface area contributed by atoms with Crippen molar-refractivity contribution in [3.63, 3.8) is 0 Å². The number of likely N-dealkylation sites (tertiary alicyclic amines) is 1. The number of nitrogens with one attached hydrogen (secondary N) is 2. The van der Waals surface area contributed by atoms with E-state index in [2.05, 4.69) is 48.1 Å². The lowest BCUT2D eigenvalue weighted by atomic mass is 9.87. The Morgan fingerprint density at radius 3 is 2.47 bits per heavy atom. The first-order valence-electron chi connectivity index (χ1n) is 11.2. The van der Waals surface area contributed by atoms with Crippen LogP contribution in [0.5, 0.6) is 11.5 Å². The Balaban J connectivity index is 1.82. The summed E-state index contributed by atoms with van der Waals surface area (Å²) in [7, 11) is 5.25. The maximum Gasteiger partial charge on any atom is 0.170 e. The second kappa shape index (κ2) is 11.1. The zero-order valence-corrected chi connectivity index (χ0v) is 20.7. The third kappa shape index (κ3) is 5.58. The average Bonchev–Trinajstić information content (AvgIpc) is 2.80. The molecule has 3 rings (SSSR count). The van der Waals surface area contributed by atoms with Gasteiger partial charge in [-0.15, -0.1) is 0 Å². The van der Waals surface area contributed by atoms with Gasteiger partial charge in [-0.1, -0.05) is 24.2 Å². The van der Waals surface area contributed by atoms with Gasteiger partial charge in [0, 0.05) is 41.1 Å². The van der Waals surface area contributed by atoms with Crippen LogP contribution in [-0.4, -0.2) is 52.3 Å². The summed E-state index contributed by atoms with van der Waals surface area (Å²) < 4.78 is 11.0. The molecule has 1 aliphatic heterocycles. The molecule has 1 aliphatic rings. The van der Waals surface area contributed by atoms with E-state index in [1.54, 1.807) is 20.3 Å². The number of likely N-dealkylation sites (N-methyl/N-ethyl adjacent to an activating group) is 1. The molecule has 0 atom stereocenters. The molecule has 2 aromatic rings. The van der Waals surface area contributed by atoms with Crippen molar-refractivity contribution in [2.75, 3.05) is 52.8 Å². The summed E-state index contributed by atoms with van der Waals surface area (Å²) in [5, 5.41) is 7.35. The van der Waals surface area contributed by atoms with E-state index in [1.165, 1.54) is 29.5 Å². The van der Waals surface area contributed by atoms with Crippen molar-refractivity contribution in [1.82, 2.24) is 10.2 Å². The van der Waals surface area contributed by atoms with Gasteiger partial charge in [-0.25, -0.2) is 0 Å². The van der Waals surface area contributed by atoms with Crippen LogP contribution in [0.15, 0.2) is 30.8 Å². The second-order valence-corrected chi connectivity index (χ2v) is 8.96. The van der Waals surface area contributed by atoms with Gasteiger partial charge in [0.25, 0.3) is 0 Å². The zero-order chi connectivity index (χ0) is 23.3. The third-order valence-corrected chi connectivity index (χ3v) is 6.70. The van der Waals surface area contributed by atoms with Crippen LogP contribution in [0.2, 0.25) is 5.02 Å². The van der Waals surface area contributed by atoms with Crippen molar-refractivity contribution >= 4 is 23.0 Å². The maximum absolute atomic E-state index is 6.32. The van der Waals surface area contributed by atoms with Crippen LogP contribution in [0.25, 0.3) is 5.70 Å². The lowest BCUT2D eigenvalue weighted by Gasteiger charge is -2.32. The molecule has 0 saturated carbocycles. The highest BCUT2D eigenvalue weighted by molar-refractivity contribution is 6.31. The first kappa shape index (κ1) is 24.4. The number of halogens is 1. The van der Waals surface area contributed by atoms with Gasteiger partial charge in [0.2, 0.25) is 0 Å². The molecule has 0 aliphatic carbocycles. The fraction of sp³-hybridized carbons (Fsp3) is 0.462. The van der Waals surface area contributed by atoms with E-state index in [1.807, 2.05) is 13.1 Å². The van der Waals surface area contributed by atoms with E-state index in [-0.39, 0.29) is 0 Å². The van der Waals surface area contributed by atoms with Crippen LogP contribution >= 0.6 is 11.6 Å². The maximum atomic E-state index is 6.32. The summed E-state index contributed by atoms with van der Waals surface area (Å²) in [5.41, 5.74) is 6.48. The van der Waals surface area contributed by atoms with Crippen LogP contribution in [0.4, 0.5) is 5.69 Å². The Labute approximate surface area is 197 Å². The van der Waals surface area contributed by atoms with Crippen molar-refractivity contribution in [1.29, 1.82) is 0 Å². The van der Waals surface area contributed by atoms with Gasteiger partial charge in [0.1, 0.15) is 0 Å². The van der Waals surface area contributed by atoms with Gasteiger partial charge >= 0.3 is 0 Å². The van der Waals surface area contributed by atoms with Crippen molar-refractivity contribution in [2.45, 2.75) is 32.6 Å². The summed E-state index contributed by atoms with van der Waals surface area (Å²) in [5.74, 6) is 1.79. The lowest BCUT2D eigenvalue weighted by Crippen LogP contribution is -2.37. The van der Waals surface area contributed by atoms with Crippen molar-refractivity contribution in [2.24, 2.45) is 0 Å². The quantitative estimate of drug-likeness (QED) is 0.523. The van der Waals surface area contributed by atoms with Crippen LogP contribution in [0.3, 0.4) is 0 Å². The Morgan fingerprint density at radius 2 is 1.84 bits per heavy atom. The first-order valence-corrected chi connectivity index (χ1v) is 11.6. The summed E-state index contributed by atoms with van der Waals surface area (Å²) in [6.45, 7) is 13.1. The molecule has 6 heteroatoms. The van der Waals surface area contributed by atoms with E-state index in [0.717, 1.165) is 43.1 Å². The normalized spacial score (nSPS) is 14.9. The first-order chi connectivity index (χ1) is 15.4. The predicted octanol–water partition coefficient (Wildman–Crippen LogP) is 5.46. The predicted molar refractivity (Wildman–Crippen MR) is 135 cm³/mol. The number of nitrogens with zero attached hydrogens (tertiary/aromatic N) is 1. The Morgan fingerprint density at radius 1 is 1.12 bits per heavy atom. The van der Waals surface area contributed by atoms with Gasteiger partial charge < -0.3 is 25.0 Å². The molecule has 1 heterocycles. The van der Waals surface area contributed by atoms with Gasteiger partial charge in [0.15, 0.2) is 11.5 Å². The largest absolute Gasteiger partial charge is 0.493 e. The number of ether oxygens (including phenoxy) is 2. The van der Waals surface area contributed by atoms with Gasteiger partial charge in [-0.2, -0.15) is 0 Å². The molecule has 5 nitrogen and oxygen atoms in total. The van der Waals surface area contributed by atoms with Gasteiger partial charge in [0.05, 0.1) is 14.2 Å². The van der Waals surface area contributed by atoms with E-state index in [4.69, 9.17) is 21.1 Å². The summed E-state index contributed by atoms with van der Waals surface area (Å²) in [6.07, 6.45) is 2.37. The highest BCUT2D eigenvalue weighted by Crippen LogP contribution is 2.39. The van der Waals surface area contributed by atoms with E-state index in [0.29, 0.717) is 22.4 Å². The number of benzene rings is 2. The highest BCUT2D eigenvalue weighted by Gasteiger charge is 2.22. The van der Waals surface area contributed by atoms with E-state index < -0.39 is 0 Å². The smallest absolute Gasteiger partial charge is 0.170 e. The second-order valence-electron chi connectivity index (χ2n) is 8.52. The Hall–Kier alpha value is -2.21. The molecule has 1 fully saturated rings. The van der Waals surface area contributed by atoms with Crippen molar-refractivity contribution < 1.29 is 9.47 Å². The number of methoxy groups -OCH3 is 2. The Bertz CT molecular complexity index is 953. The van der Waals surface area contributed by atoms with Crippen LogP contribution < -0.4 is 20.1 Å². The van der Waals surface area contributed by atoms with Crippen LogP contribution in [0, 0.1) is 13.8 Å². The summed E-state index contributed by atoms with van der Waals surface area (Å²) in [4.78, 5) is 2.55. The number of anilines is 1. The standard InChI is InChI=1S/C26H36ClN3O2/c1-17-13-21(20-7-10-30(11-8-20)12-9-28-4)14-24(18(17)2)29-19(3)23-15-22(27)16-25(31-5)26(23)32-6/h13-16,20,28-29H,3,7-12H2,1-2,4-6H3. The van der Waals surface area contributed by atoms with E-state index >= 15 is 0 Å². The molecule has 0 unspecified atom stereocenters. The number of hydrogen-bond donors (Lipinski definition) is 2. The molecule has 0 radical (unpaired) electrons. The number of aryl methyl sites for hydroxylation is 1. The topological polar surface area (TPSA) is 45.8 Å². The lowest BCUT2D eigenvalue weighted by molar-refractivity contribution is 0.214. The minimum absolute atomic E-state index is 0.576. The van der Waals surface area contributed by atoms with E-state index in [9.17, 15) is 0 Å². The monoisotopic (exact) mass is 457 g/mol. The molecule has 0 aromatic heterocycles. The fourth-order valence-electron chi connectivity index (χ4n) is 4.40. The van der Waals surface area contributed by atoms with Gasteiger partial charge in [-0.3, -0.25) is 0 Å². The van der Waals surface area contributed by atoms with Crippen molar-refractivity contribution in [3.8, 4) is 11.5 Å². The molecule has 2 N–H and O–H groups in total. The molecule has 174 valence electrons. The molecule has 0 bridgehead atoms.